The minimum Gasteiger partial charge on any atom is -0.492 e. The van der Waals surface area contributed by atoms with Gasteiger partial charge in [0.2, 0.25) is 6.10 Å². The van der Waals surface area contributed by atoms with Crippen LogP contribution in [-0.4, -0.2) is 18.5 Å². The summed E-state index contributed by atoms with van der Waals surface area (Å²) in [5, 5.41) is 2.82. The predicted molar refractivity (Wildman–Crippen MR) is 101 cm³/mol. The van der Waals surface area contributed by atoms with Gasteiger partial charge in [0.15, 0.2) is 0 Å². The molecule has 2 atom stereocenters. The number of carbonyl (C=O) groups excluding carboxylic acids is 2. The molecule has 0 spiro atoms. The van der Waals surface area contributed by atoms with Crippen molar-refractivity contribution >= 4 is 17.6 Å². The molecule has 2 aromatic rings. The van der Waals surface area contributed by atoms with E-state index in [9.17, 15) is 9.59 Å². The zero-order valence-electron chi connectivity index (χ0n) is 15.4. The molecule has 0 saturated carbocycles. The molecule has 0 aliphatic heterocycles. The Hall–Kier alpha value is -2.82. The number of amides is 1. The van der Waals surface area contributed by atoms with Gasteiger partial charge in [-0.05, 0) is 25.5 Å². The fraction of sp³-hybridized carbons (Fsp3) is 0.333. The molecule has 0 aromatic heterocycles. The molecule has 0 saturated heterocycles. The summed E-state index contributed by atoms with van der Waals surface area (Å²) >= 11 is 0. The lowest BCUT2D eigenvalue weighted by molar-refractivity contribution is -0.158. The van der Waals surface area contributed by atoms with Crippen LogP contribution in [0.4, 0.5) is 5.69 Å². The van der Waals surface area contributed by atoms with Crippen LogP contribution in [-0.2, 0) is 14.3 Å². The Kier molecular flexibility index (Phi) is 7.21. The maximum atomic E-state index is 12.9. The van der Waals surface area contributed by atoms with Crippen LogP contribution in [0, 0.1) is 5.92 Å². The van der Waals surface area contributed by atoms with Crippen molar-refractivity contribution < 1.29 is 19.1 Å². The molecule has 5 heteroatoms. The molecule has 2 aromatic carbocycles. The first-order chi connectivity index (χ1) is 12.6. The maximum Gasteiger partial charge on any atom is 0.309 e. The zero-order valence-corrected chi connectivity index (χ0v) is 15.4. The number of hydrogen-bond donors (Lipinski definition) is 1. The van der Waals surface area contributed by atoms with Crippen molar-refractivity contribution in [2.75, 3.05) is 11.9 Å². The Morgan fingerprint density at radius 2 is 1.65 bits per heavy atom. The van der Waals surface area contributed by atoms with Crippen molar-refractivity contribution in [1.82, 2.24) is 0 Å². The second-order valence-corrected chi connectivity index (χ2v) is 5.96. The Labute approximate surface area is 154 Å². The lowest BCUT2D eigenvalue weighted by Crippen LogP contribution is -2.28. The molecule has 0 unspecified atom stereocenters. The number of ether oxygens (including phenoxy) is 2. The van der Waals surface area contributed by atoms with E-state index in [-0.39, 0.29) is 5.92 Å². The summed E-state index contributed by atoms with van der Waals surface area (Å²) in [7, 11) is 0. The van der Waals surface area contributed by atoms with E-state index in [2.05, 4.69) is 5.32 Å². The molecule has 0 aliphatic carbocycles. The number of esters is 1. The number of carbonyl (C=O) groups is 2. The fourth-order valence-corrected chi connectivity index (χ4v) is 2.35. The number of anilines is 1. The van der Waals surface area contributed by atoms with Gasteiger partial charge in [-0.1, -0.05) is 56.3 Å². The van der Waals surface area contributed by atoms with Crippen LogP contribution < -0.4 is 10.1 Å². The standard InChI is InChI=1S/C21H25NO4/c1-4-15(3)21(24)26-19(16-11-7-6-8-12-16)20(23)22-17-13-9-10-14-18(17)25-5-2/h6-15,19H,4-5H2,1-3H3,(H,22,23)/t15-,19-/m0/s1. The third-order valence-corrected chi connectivity index (χ3v) is 4.03. The summed E-state index contributed by atoms with van der Waals surface area (Å²) in [6, 6.07) is 16.2. The summed E-state index contributed by atoms with van der Waals surface area (Å²) in [6.45, 7) is 6.05. The minimum absolute atomic E-state index is 0.273. The van der Waals surface area contributed by atoms with Crippen molar-refractivity contribution in [2.24, 2.45) is 5.92 Å². The van der Waals surface area contributed by atoms with Crippen LogP contribution in [0.2, 0.25) is 0 Å². The van der Waals surface area contributed by atoms with E-state index < -0.39 is 18.0 Å². The highest BCUT2D eigenvalue weighted by Crippen LogP contribution is 2.27. The normalized spacial score (nSPS) is 12.7. The van der Waals surface area contributed by atoms with E-state index in [1.807, 2.05) is 26.0 Å². The Morgan fingerprint density at radius 1 is 1.00 bits per heavy atom. The van der Waals surface area contributed by atoms with Crippen LogP contribution in [0.1, 0.15) is 38.9 Å². The molecule has 0 bridgehead atoms. The number of rotatable bonds is 8. The van der Waals surface area contributed by atoms with E-state index in [1.54, 1.807) is 49.4 Å². The van der Waals surface area contributed by atoms with Crippen LogP contribution in [0.25, 0.3) is 0 Å². The Morgan fingerprint density at radius 3 is 2.31 bits per heavy atom. The van der Waals surface area contributed by atoms with Gasteiger partial charge in [-0.15, -0.1) is 0 Å². The Bertz CT molecular complexity index is 730. The quantitative estimate of drug-likeness (QED) is 0.715. The van der Waals surface area contributed by atoms with Gasteiger partial charge in [-0.3, -0.25) is 9.59 Å². The van der Waals surface area contributed by atoms with Crippen molar-refractivity contribution in [3.8, 4) is 5.75 Å². The largest absolute Gasteiger partial charge is 0.492 e. The first-order valence-corrected chi connectivity index (χ1v) is 8.84. The molecule has 5 nitrogen and oxygen atoms in total. The van der Waals surface area contributed by atoms with Gasteiger partial charge in [0.05, 0.1) is 18.2 Å². The van der Waals surface area contributed by atoms with Gasteiger partial charge in [0.1, 0.15) is 5.75 Å². The number of benzene rings is 2. The van der Waals surface area contributed by atoms with Crippen molar-refractivity contribution in [3.63, 3.8) is 0 Å². The van der Waals surface area contributed by atoms with E-state index >= 15 is 0 Å². The van der Waals surface area contributed by atoms with Gasteiger partial charge in [-0.25, -0.2) is 0 Å². The highest BCUT2D eigenvalue weighted by molar-refractivity contribution is 5.97. The van der Waals surface area contributed by atoms with Gasteiger partial charge in [-0.2, -0.15) is 0 Å². The molecular formula is C21H25NO4. The number of hydrogen-bond acceptors (Lipinski definition) is 4. The molecule has 26 heavy (non-hydrogen) atoms. The molecule has 0 radical (unpaired) electrons. The predicted octanol–water partition coefficient (Wildman–Crippen LogP) is 4.35. The number of nitrogens with one attached hydrogen (secondary N) is 1. The van der Waals surface area contributed by atoms with Crippen molar-refractivity contribution in [3.05, 3.63) is 60.2 Å². The SMILES string of the molecule is CCOc1ccccc1NC(=O)[C@@H](OC(=O)[C@@H](C)CC)c1ccccc1. The van der Waals surface area contributed by atoms with Crippen LogP contribution in [0.15, 0.2) is 54.6 Å². The molecule has 1 N–H and O–H groups in total. The average molecular weight is 355 g/mol. The van der Waals surface area contributed by atoms with Gasteiger partial charge in [0, 0.05) is 5.56 Å². The van der Waals surface area contributed by atoms with E-state index in [4.69, 9.17) is 9.47 Å². The topological polar surface area (TPSA) is 64.6 Å². The van der Waals surface area contributed by atoms with Gasteiger partial charge >= 0.3 is 5.97 Å². The highest BCUT2D eigenvalue weighted by Gasteiger charge is 2.27. The first-order valence-electron chi connectivity index (χ1n) is 8.84. The number of para-hydroxylation sites is 2. The monoisotopic (exact) mass is 355 g/mol. The summed E-state index contributed by atoms with van der Waals surface area (Å²) in [5.41, 5.74) is 1.16. The second kappa shape index (κ2) is 9.61. The first kappa shape index (κ1) is 19.5. The van der Waals surface area contributed by atoms with E-state index in [0.29, 0.717) is 30.0 Å². The molecule has 0 heterocycles. The molecule has 2 rings (SSSR count). The third-order valence-electron chi connectivity index (χ3n) is 4.03. The summed E-state index contributed by atoms with van der Waals surface area (Å²) in [5.74, 6) is -0.511. The highest BCUT2D eigenvalue weighted by atomic mass is 16.5. The van der Waals surface area contributed by atoms with E-state index in [0.717, 1.165) is 0 Å². The Balaban J connectivity index is 2.25. The van der Waals surface area contributed by atoms with Crippen molar-refractivity contribution in [1.29, 1.82) is 0 Å². The van der Waals surface area contributed by atoms with Gasteiger partial charge < -0.3 is 14.8 Å². The van der Waals surface area contributed by atoms with Crippen molar-refractivity contribution in [2.45, 2.75) is 33.3 Å². The lowest BCUT2D eigenvalue weighted by atomic mass is 10.1. The summed E-state index contributed by atoms with van der Waals surface area (Å²) in [4.78, 5) is 25.1. The van der Waals surface area contributed by atoms with Crippen LogP contribution in [0.5, 0.6) is 5.75 Å². The molecule has 138 valence electrons. The van der Waals surface area contributed by atoms with Gasteiger partial charge in [0.25, 0.3) is 5.91 Å². The second-order valence-electron chi connectivity index (χ2n) is 5.96. The minimum atomic E-state index is -1.02. The van der Waals surface area contributed by atoms with E-state index in [1.165, 1.54) is 0 Å². The molecular weight excluding hydrogens is 330 g/mol. The smallest absolute Gasteiger partial charge is 0.309 e. The third kappa shape index (κ3) is 5.09. The molecule has 0 fully saturated rings. The van der Waals surface area contributed by atoms with Crippen LogP contribution in [0.3, 0.4) is 0 Å². The lowest BCUT2D eigenvalue weighted by Gasteiger charge is -2.20. The summed E-state index contributed by atoms with van der Waals surface area (Å²) in [6.07, 6.45) is -0.373. The summed E-state index contributed by atoms with van der Waals surface area (Å²) < 4.78 is 11.1. The fourth-order valence-electron chi connectivity index (χ4n) is 2.35. The molecule has 0 aliphatic rings. The van der Waals surface area contributed by atoms with Crippen LogP contribution >= 0.6 is 0 Å². The maximum absolute atomic E-state index is 12.9. The average Bonchev–Trinajstić information content (AvgIpc) is 2.67. The zero-order chi connectivity index (χ0) is 18.9. The molecule has 1 amide bonds.